The second-order valence-electron chi connectivity index (χ2n) is 7.69. The minimum atomic E-state index is -4.65. The molecule has 1 saturated heterocycles. The van der Waals surface area contributed by atoms with Gasteiger partial charge in [-0.25, -0.2) is 14.8 Å². The Bertz CT molecular complexity index is 1290. The third kappa shape index (κ3) is 5.13. The van der Waals surface area contributed by atoms with Crippen molar-refractivity contribution in [2.24, 2.45) is 0 Å². The Hall–Kier alpha value is -3.11. The highest BCUT2D eigenvalue weighted by Crippen LogP contribution is 2.33. The molecule has 35 heavy (non-hydrogen) atoms. The van der Waals surface area contributed by atoms with Gasteiger partial charge in [0.1, 0.15) is 0 Å². The summed E-state index contributed by atoms with van der Waals surface area (Å²) in [5.41, 5.74) is -0.658. The molecule has 12 heteroatoms. The topological polar surface area (TPSA) is 75.6 Å². The number of carbonyl (C=O) groups is 2. The number of fused-ring (bicyclic) bond motifs is 1. The van der Waals surface area contributed by atoms with Crippen molar-refractivity contribution >= 4 is 51.9 Å². The Morgan fingerprint density at radius 1 is 1.00 bits per heavy atom. The number of nitrogens with zero attached hydrogens (tertiary/aromatic N) is 4. The fourth-order valence-corrected chi connectivity index (χ4v) is 4.12. The van der Waals surface area contributed by atoms with Gasteiger partial charge in [0.05, 0.1) is 38.8 Å². The Morgan fingerprint density at radius 3 is 2.20 bits per heavy atom. The number of aromatic nitrogens is 2. The van der Waals surface area contributed by atoms with Crippen LogP contribution in [0, 0.1) is 0 Å². The number of alkyl halides is 3. The molecular weight excluding hydrogens is 508 g/mol. The SMILES string of the molecule is CCOC(=O)c1nc2cc(Cl)c(Cl)cc2nc1N1CCN(C(=O)c2ccccc2C(F)(F)F)CC1. The Balaban J connectivity index is 1.61. The molecule has 4 rings (SSSR count). The zero-order valence-electron chi connectivity index (χ0n) is 18.4. The van der Waals surface area contributed by atoms with E-state index in [9.17, 15) is 22.8 Å². The zero-order chi connectivity index (χ0) is 25.3. The van der Waals surface area contributed by atoms with E-state index in [1.165, 1.54) is 35.2 Å². The quantitative estimate of drug-likeness (QED) is 0.440. The Morgan fingerprint density at radius 2 is 1.60 bits per heavy atom. The summed E-state index contributed by atoms with van der Waals surface area (Å²) < 4.78 is 45.2. The number of ether oxygens (including phenoxy) is 1. The van der Waals surface area contributed by atoms with Gasteiger partial charge in [-0.05, 0) is 31.2 Å². The summed E-state index contributed by atoms with van der Waals surface area (Å²) in [7, 11) is 0. The molecule has 2 aromatic carbocycles. The number of carbonyl (C=O) groups excluding carboxylic acids is 2. The fourth-order valence-electron chi connectivity index (χ4n) is 3.81. The average molecular weight is 527 g/mol. The molecule has 1 fully saturated rings. The summed E-state index contributed by atoms with van der Waals surface area (Å²) in [5.74, 6) is -1.16. The molecule has 184 valence electrons. The Kier molecular flexibility index (Phi) is 7.05. The standard InChI is InChI=1S/C23H19Cl2F3N4O3/c1-2-35-22(34)19-20(30-18-12-16(25)15(24)11-17(18)29-19)31-7-9-32(10-8-31)21(33)13-5-3-4-6-14(13)23(26,27)28/h3-6,11-12H,2,7-10H2,1H3. The van der Waals surface area contributed by atoms with Gasteiger partial charge in [0.25, 0.3) is 5.91 Å². The number of amides is 1. The van der Waals surface area contributed by atoms with Gasteiger partial charge in [0.15, 0.2) is 11.5 Å². The first-order chi connectivity index (χ1) is 16.6. The lowest BCUT2D eigenvalue weighted by atomic mass is 10.1. The van der Waals surface area contributed by atoms with Crippen molar-refractivity contribution in [2.75, 3.05) is 37.7 Å². The summed E-state index contributed by atoms with van der Waals surface area (Å²) in [6, 6.07) is 7.71. The van der Waals surface area contributed by atoms with E-state index in [0.29, 0.717) is 11.0 Å². The maximum atomic E-state index is 13.4. The van der Waals surface area contributed by atoms with E-state index in [0.717, 1.165) is 6.07 Å². The Labute approximate surface area is 208 Å². The number of rotatable bonds is 4. The van der Waals surface area contributed by atoms with Crippen LogP contribution >= 0.6 is 23.2 Å². The number of benzene rings is 2. The van der Waals surface area contributed by atoms with Crippen LogP contribution in [0.5, 0.6) is 0 Å². The molecule has 0 unspecified atom stereocenters. The van der Waals surface area contributed by atoms with E-state index in [1.54, 1.807) is 11.8 Å². The second-order valence-corrected chi connectivity index (χ2v) is 8.51. The third-order valence-electron chi connectivity index (χ3n) is 5.49. The maximum absolute atomic E-state index is 13.4. The molecule has 1 aliphatic rings. The fraction of sp³-hybridized carbons (Fsp3) is 0.304. The average Bonchev–Trinajstić information content (AvgIpc) is 2.83. The second kappa shape index (κ2) is 9.87. The van der Waals surface area contributed by atoms with Crippen molar-refractivity contribution in [3.63, 3.8) is 0 Å². The summed E-state index contributed by atoms with van der Waals surface area (Å²) in [4.78, 5) is 37.5. The normalized spacial score (nSPS) is 14.3. The highest BCUT2D eigenvalue weighted by atomic mass is 35.5. The van der Waals surface area contributed by atoms with Crippen LogP contribution in [-0.4, -0.2) is 59.5 Å². The maximum Gasteiger partial charge on any atom is 0.417 e. The predicted molar refractivity (Wildman–Crippen MR) is 125 cm³/mol. The largest absolute Gasteiger partial charge is 0.461 e. The van der Waals surface area contributed by atoms with Gasteiger partial charge in [-0.15, -0.1) is 0 Å². The summed E-state index contributed by atoms with van der Waals surface area (Å²) >= 11 is 12.2. The molecular formula is C23H19Cl2F3N4O3. The molecule has 0 N–H and O–H groups in total. The highest BCUT2D eigenvalue weighted by Gasteiger charge is 2.36. The van der Waals surface area contributed by atoms with Crippen LogP contribution in [0.3, 0.4) is 0 Å². The van der Waals surface area contributed by atoms with Gasteiger partial charge in [-0.3, -0.25) is 4.79 Å². The first kappa shape index (κ1) is 25.0. The summed E-state index contributed by atoms with van der Waals surface area (Å²) in [6.07, 6.45) is -4.65. The van der Waals surface area contributed by atoms with Gasteiger partial charge in [0, 0.05) is 26.2 Å². The minimum Gasteiger partial charge on any atom is -0.461 e. The van der Waals surface area contributed by atoms with Crippen molar-refractivity contribution in [3.05, 3.63) is 63.3 Å². The van der Waals surface area contributed by atoms with Crippen molar-refractivity contribution in [3.8, 4) is 0 Å². The van der Waals surface area contributed by atoms with Crippen LogP contribution in [0.15, 0.2) is 36.4 Å². The van der Waals surface area contributed by atoms with Crippen LogP contribution in [-0.2, 0) is 10.9 Å². The number of esters is 1. The van der Waals surface area contributed by atoms with Gasteiger partial charge >= 0.3 is 12.1 Å². The predicted octanol–water partition coefficient (Wildman–Crippen LogP) is 5.09. The van der Waals surface area contributed by atoms with Crippen molar-refractivity contribution in [2.45, 2.75) is 13.1 Å². The molecule has 0 saturated carbocycles. The van der Waals surface area contributed by atoms with Crippen molar-refractivity contribution < 1.29 is 27.5 Å². The number of anilines is 1. The van der Waals surface area contributed by atoms with Crippen LogP contribution in [0.4, 0.5) is 19.0 Å². The summed E-state index contributed by atoms with van der Waals surface area (Å²) in [5, 5.41) is 0.518. The molecule has 1 aliphatic heterocycles. The van der Waals surface area contributed by atoms with Crippen LogP contribution in [0.2, 0.25) is 10.0 Å². The van der Waals surface area contributed by atoms with E-state index in [2.05, 4.69) is 9.97 Å². The molecule has 3 aromatic rings. The molecule has 0 spiro atoms. The van der Waals surface area contributed by atoms with Gasteiger partial charge in [-0.2, -0.15) is 13.2 Å². The van der Waals surface area contributed by atoms with Crippen LogP contribution < -0.4 is 4.90 Å². The van der Waals surface area contributed by atoms with Crippen molar-refractivity contribution in [1.82, 2.24) is 14.9 Å². The number of piperazine rings is 1. The molecule has 2 heterocycles. The molecule has 0 atom stereocenters. The molecule has 1 amide bonds. The number of hydrogen-bond donors (Lipinski definition) is 0. The van der Waals surface area contributed by atoms with E-state index in [1.807, 2.05) is 0 Å². The van der Waals surface area contributed by atoms with Gasteiger partial charge in [0.2, 0.25) is 0 Å². The lowest BCUT2D eigenvalue weighted by molar-refractivity contribution is -0.138. The third-order valence-corrected chi connectivity index (χ3v) is 6.21. The molecule has 0 bridgehead atoms. The monoisotopic (exact) mass is 526 g/mol. The van der Waals surface area contributed by atoms with E-state index in [4.69, 9.17) is 27.9 Å². The smallest absolute Gasteiger partial charge is 0.417 e. The van der Waals surface area contributed by atoms with Gasteiger partial charge in [-0.1, -0.05) is 35.3 Å². The first-order valence-corrected chi connectivity index (χ1v) is 11.4. The lowest BCUT2D eigenvalue weighted by Gasteiger charge is -2.36. The number of hydrogen-bond acceptors (Lipinski definition) is 6. The molecule has 0 aliphatic carbocycles. The van der Waals surface area contributed by atoms with Crippen LogP contribution in [0.25, 0.3) is 11.0 Å². The summed E-state index contributed by atoms with van der Waals surface area (Å²) in [6.45, 7) is 2.45. The lowest BCUT2D eigenvalue weighted by Crippen LogP contribution is -2.49. The van der Waals surface area contributed by atoms with Crippen molar-refractivity contribution in [1.29, 1.82) is 0 Å². The minimum absolute atomic E-state index is 0.0278. The highest BCUT2D eigenvalue weighted by molar-refractivity contribution is 6.42. The van der Waals surface area contributed by atoms with E-state index < -0.39 is 29.2 Å². The van der Waals surface area contributed by atoms with Crippen LogP contribution in [0.1, 0.15) is 33.3 Å². The van der Waals surface area contributed by atoms with Gasteiger partial charge < -0.3 is 14.5 Å². The first-order valence-electron chi connectivity index (χ1n) is 10.6. The number of halogens is 5. The zero-order valence-corrected chi connectivity index (χ0v) is 19.9. The molecule has 0 radical (unpaired) electrons. The molecule has 7 nitrogen and oxygen atoms in total. The van der Waals surface area contributed by atoms with E-state index >= 15 is 0 Å². The molecule has 1 aromatic heterocycles. The van der Waals surface area contributed by atoms with E-state index in [-0.39, 0.29) is 54.3 Å².